The lowest BCUT2D eigenvalue weighted by atomic mass is 10.2. The molecule has 1 aromatic rings. The van der Waals surface area contributed by atoms with E-state index in [2.05, 4.69) is 9.72 Å². The summed E-state index contributed by atoms with van der Waals surface area (Å²) in [5.74, 6) is 0.356. The van der Waals surface area contributed by atoms with E-state index in [-0.39, 0.29) is 18.1 Å². The maximum absolute atomic E-state index is 11.1. The molecule has 0 N–H and O–H groups in total. The Balaban J connectivity index is 2.86. The summed E-state index contributed by atoms with van der Waals surface area (Å²) in [6.07, 6.45) is 1.48. The van der Waals surface area contributed by atoms with E-state index in [1.165, 1.54) is 19.4 Å². The maximum Gasteiger partial charge on any atom is 0.307 e. The molecule has 0 saturated heterocycles. The first-order valence-electron chi connectivity index (χ1n) is 5.92. The third kappa shape index (κ3) is 3.90. The number of carbonyl (C=O) groups excluding carboxylic acids is 1. The Bertz CT molecular complexity index is 476. The van der Waals surface area contributed by atoms with E-state index in [1.54, 1.807) is 6.92 Å². The number of ether oxygens (including phenoxy) is 1. The molecule has 104 valence electrons. The van der Waals surface area contributed by atoms with Crippen molar-refractivity contribution in [1.82, 2.24) is 4.98 Å². The maximum atomic E-state index is 11.1. The normalized spacial score (nSPS) is 10.1. The third-order valence-electron chi connectivity index (χ3n) is 2.74. The van der Waals surface area contributed by atoms with Crippen molar-refractivity contribution in [3.05, 3.63) is 27.9 Å². The summed E-state index contributed by atoms with van der Waals surface area (Å²) in [5.41, 5.74) is 0.672. The van der Waals surface area contributed by atoms with Crippen LogP contribution in [-0.2, 0) is 9.53 Å². The summed E-state index contributed by atoms with van der Waals surface area (Å²) in [4.78, 5) is 27.3. The monoisotopic (exact) mass is 267 g/mol. The molecule has 0 amide bonds. The minimum absolute atomic E-state index is 0.0368. The average molecular weight is 267 g/mol. The van der Waals surface area contributed by atoms with Gasteiger partial charge in [-0.05, 0) is 19.4 Å². The first-order valence-corrected chi connectivity index (χ1v) is 5.92. The lowest BCUT2D eigenvalue weighted by Crippen LogP contribution is -2.27. The van der Waals surface area contributed by atoms with Gasteiger partial charge in [0.25, 0.3) is 5.69 Å². The Morgan fingerprint density at radius 1 is 1.58 bits per heavy atom. The fraction of sp³-hybridized carbons (Fsp3) is 0.500. The SMILES string of the molecule is CCN(CCC(=O)OC)c1ncc([N+](=O)[O-])cc1C. The van der Waals surface area contributed by atoms with E-state index < -0.39 is 4.92 Å². The lowest BCUT2D eigenvalue weighted by Gasteiger charge is -2.22. The number of rotatable bonds is 6. The molecule has 0 aliphatic rings. The number of anilines is 1. The zero-order valence-corrected chi connectivity index (χ0v) is 11.3. The molecule has 1 aromatic heterocycles. The Labute approximate surface area is 111 Å². The molecule has 0 spiro atoms. The van der Waals surface area contributed by atoms with Crippen LogP contribution in [0.1, 0.15) is 18.9 Å². The number of nitrogens with zero attached hydrogens (tertiary/aromatic N) is 3. The molecule has 0 saturated carbocycles. The number of nitro groups is 1. The second-order valence-electron chi connectivity index (χ2n) is 4.00. The van der Waals surface area contributed by atoms with Gasteiger partial charge in [0.15, 0.2) is 0 Å². The van der Waals surface area contributed by atoms with Crippen LogP contribution < -0.4 is 4.90 Å². The second-order valence-corrected chi connectivity index (χ2v) is 4.00. The number of methoxy groups -OCH3 is 1. The third-order valence-corrected chi connectivity index (χ3v) is 2.74. The van der Waals surface area contributed by atoms with Gasteiger partial charge in [0.2, 0.25) is 0 Å². The van der Waals surface area contributed by atoms with Gasteiger partial charge in [-0.3, -0.25) is 14.9 Å². The van der Waals surface area contributed by atoms with E-state index in [0.717, 1.165) is 0 Å². The van der Waals surface area contributed by atoms with Crippen LogP contribution in [0, 0.1) is 17.0 Å². The molecule has 0 unspecified atom stereocenters. The molecule has 0 bridgehead atoms. The number of pyridine rings is 1. The van der Waals surface area contributed by atoms with Gasteiger partial charge < -0.3 is 9.64 Å². The molecule has 0 radical (unpaired) electrons. The van der Waals surface area contributed by atoms with E-state index in [4.69, 9.17) is 0 Å². The highest BCUT2D eigenvalue weighted by Gasteiger charge is 2.15. The molecule has 0 fully saturated rings. The topological polar surface area (TPSA) is 85.6 Å². The molecule has 1 rings (SSSR count). The molecular formula is C12H17N3O4. The summed E-state index contributed by atoms with van der Waals surface area (Å²) in [6.45, 7) is 4.81. The van der Waals surface area contributed by atoms with Gasteiger partial charge in [-0.1, -0.05) is 0 Å². The first-order chi connectivity index (χ1) is 8.99. The van der Waals surface area contributed by atoms with E-state index >= 15 is 0 Å². The summed E-state index contributed by atoms with van der Waals surface area (Å²) in [5, 5.41) is 10.6. The van der Waals surface area contributed by atoms with Gasteiger partial charge in [0.1, 0.15) is 12.0 Å². The Morgan fingerprint density at radius 3 is 2.74 bits per heavy atom. The Kier molecular flexibility index (Phi) is 5.23. The lowest BCUT2D eigenvalue weighted by molar-refractivity contribution is -0.385. The zero-order valence-electron chi connectivity index (χ0n) is 11.3. The second kappa shape index (κ2) is 6.67. The van der Waals surface area contributed by atoms with Crippen LogP contribution in [0.3, 0.4) is 0 Å². The highest BCUT2D eigenvalue weighted by atomic mass is 16.6. The van der Waals surface area contributed by atoms with Crippen LogP contribution in [0.25, 0.3) is 0 Å². The van der Waals surface area contributed by atoms with Gasteiger partial charge >= 0.3 is 5.97 Å². The number of carbonyl (C=O) groups is 1. The number of aromatic nitrogens is 1. The fourth-order valence-electron chi connectivity index (χ4n) is 1.73. The molecule has 1 heterocycles. The predicted molar refractivity (Wildman–Crippen MR) is 70.1 cm³/mol. The molecule has 0 aliphatic heterocycles. The van der Waals surface area contributed by atoms with E-state index in [1.807, 2.05) is 11.8 Å². The van der Waals surface area contributed by atoms with Crippen LogP contribution in [0.2, 0.25) is 0 Å². The van der Waals surface area contributed by atoms with Crippen LogP contribution in [0.4, 0.5) is 11.5 Å². The van der Waals surface area contributed by atoms with Gasteiger partial charge in [0, 0.05) is 19.2 Å². The summed E-state index contributed by atoms with van der Waals surface area (Å²) in [6, 6.07) is 1.48. The van der Waals surface area contributed by atoms with Crippen molar-refractivity contribution in [3.63, 3.8) is 0 Å². The largest absolute Gasteiger partial charge is 0.469 e. The number of aryl methyl sites for hydroxylation is 1. The van der Waals surface area contributed by atoms with Crippen LogP contribution >= 0.6 is 0 Å². The number of esters is 1. The van der Waals surface area contributed by atoms with Crippen LogP contribution in [0.5, 0.6) is 0 Å². The van der Waals surface area contributed by atoms with Crippen LogP contribution in [-0.4, -0.2) is 36.1 Å². The smallest absolute Gasteiger partial charge is 0.307 e. The molecule has 7 nitrogen and oxygen atoms in total. The number of hydrogen-bond donors (Lipinski definition) is 0. The average Bonchev–Trinajstić information content (AvgIpc) is 2.40. The van der Waals surface area contributed by atoms with Crippen molar-refractivity contribution in [1.29, 1.82) is 0 Å². The highest BCUT2D eigenvalue weighted by Crippen LogP contribution is 2.21. The van der Waals surface area contributed by atoms with Gasteiger partial charge in [-0.2, -0.15) is 0 Å². The fourth-order valence-corrected chi connectivity index (χ4v) is 1.73. The van der Waals surface area contributed by atoms with Gasteiger partial charge in [-0.15, -0.1) is 0 Å². The minimum Gasteiger partial charge on any atom is -0.469 e. The summed E-state index contributed by atoms with van der Waals surface area (Å²) < 4.78 is 4.59. The molecule has 0 aliphatic carbocycles. The van der Waals surface area contributed by atoms with Gasteiger partial charge in [0.05, 0.1) is 18.5 Å². The van der Waals surface area contributed by atoms with Crippen molar-refractivity contribution in [2.24, 2.45) is 0 Å². The number of hydrogen-bond acceptors (Lipinski definition) is 6. The highest BCUT2D eigenvalue weighted by molar-refractivity contribution is 5.70. The molecular weight excluding hydrogens is 250 g/mol. The van der Waals surface area contributed by atoms with Crippen molar-refractivity contribution >= 4 is 17.5 Å². The summed E-state index contributed by atoms with van der Waals surface area (Å²) in [7, 11) is 1.34. The quantitative estimate of drug-likeness (QED) is 0.443. The van der Waals surface area contributed by atoms with E-state index in [9.17, 15) is 14.9 Å². The van der Waals surface area contributed by atoms with Crippen molar-refractivity contribution in [3.8, 4) is 0 Å². The molecule has 19 heavy (non-hydrogen) atoms. The molecule has 7 heteroatoms. The predicted octanol–water partition coefficient (Wildman–Crippen LogP) is 1.69. The Hall–Kier alpha value is -2.18. The standard InChI is InChI=1S/C12H17N3O4/c1-4-14(6-5-11(16)19-3)12-9(2)7-10(8-13-12)15(17)18/h7-8H,4-6H2,1-3H3. The first kappa shape index (κ1) is 14.9. The molecule has 0 atom stereocenters. The van der Waals surface area contributed by atoms with Gasteiger partial charge in [-0.25, -0.2) is 4.98 Å². The van der Waals surface area contributed by atoms with E-state index in [0.29, 0.717) is 24.5 Å². The zero-order chi connectivity index (χ0) is 14.4. The minimum atomic E-state index is -0.478. The molecule has 0 aromatic carbocycles. The van der Waals surface area contributed by atoms with Crippen molar-refractivity contribution < 1.29 is 14.5 Å². The Morgan fingerprint density at radius 2 is 2.26 bits per heavy atom. The van der Waals surface area contributed by atoms with Crippen molar-refractivity contribution in [2.45, 2.75) is 20.3 Å². The van der Waals surface area contributed by atoms with Crippen LogP contribution in [0.15, 0.2) is 12.3 Å². The van der Waals surface area contributed by atoms with Crippen molar-refractivity contribution in [2.75, 3.05) is 25.1 Å². The summed E-state index contributed by atoms with van der Waals surface area (Å²) >= 11 is 0.